The summed E-state index contributed by atoms with van der Waals surface area (Å²) in [4.78, 5) is 39.0. The van der Waals surface area contributed by atoms with Crippen molar-refractivity contribution in [3.63, 3.8) is 0 Å². The smallest absolute Gasteiger partial charge is 0.246 e. The summed E-state index contributed by atoms with van der Waals surface area (Å²) < 4.78 is 5.20. The zero-order chi connectivity index (χ0) is 19.3. The number of rotatable bonds is 7. The van der Waals surface area contributed by atoms with E-state index in [4.69, 9.17) is 10.2 Å². The quantitative estimate of drug-likeness (QED) is 0.625. The van der Waals surface area contributed by atoms with Gasteiger partial charge in [-0.15, -0.1) is 12.4 Å². The average Bonchev–Trinajstić information content (AvgIpc) is 3.27. The fraction of sp³-hybridized carbons (Fsp3) is 0.611. The molecule has 1 fully saturated rings. The van der Waals surface area contributed by atoms with Crippen LogP contribution in [-0.4, -0.2) is 47.3 Å². The minimum absolute atomic E-state index is 0. The molecule has 2 heterocycles. The Kier molecular flexibility index (Phi) is 8.78. The van der Waals surface area contributed by atoms with Crippen LogP contribution in [0.3, 0.4) is 0 Å². The van der Waals surface area contributed by atoms with Crippen molar-refractivity contribution in [3.05, 3.63) is 24.2 Å². The van der Waals surface area contributed by atoms with Crippen LogP contribution in [0.25, 0.3) is 0 Å². The zero-order valence-corrected chi connectivity index (χ0v) is 16.8. The predicted molar refractivity (Wildman–Crippen MR) is 103 cm³/mol. The molecule has 0 aliphatic carbocycles. The highest BCUT2D eigenvalue weighted by Gasteiger charge is 2.38. The highest BCUT2D eigenvalue weighted by atomic mass is 35.5. The summed E-state index contributed by atoms with van der Waals surface area (Å²) >= 11 is 0. The number of likely N-dealkylation sites (tertiary alicyclic amines) is 1. The number of nitrogens with zero attached hydrogens (tertiary/aromatic N) is 1. The topological polar surface area (TPSA) is 118 Å². The van der Waals surface area contributed by atoms with E-state index in [0.717, 1.165) is 6.42 Å². The van der Waals surface area contributed by atoms with Crippen molar-refractivity contribution in [2.24, 2.45) is 11.7 Å². The Bertz CT molecular complexity index is 633. The molecule has 152 valence electrons. The SMILES string of the molecule is CC(C)[C@H](NC(=O)[C@H](C)N)C(=O)N1CCC[C@H]1C(=O)NCc1ccco1.Cl. The van der Waals surface area contributed by atoms with Gasteiger partial charge in [-0.2, -0.15) is 0 Å². The molecule has 0 saturated carbocycles. The Hall–Kier alpha value is -2.06. The summed E-state index contributed by atoms with van der Waals surface area (Å²) in [5, 5.41) is 5.51. The van der Waals surface area contributed by atoms with Crippen LogP contribution in [0.15, 0.2) is 22.8 Å². The van der Waals surface area contributed by atoms with Crippen molar-refractivity contribution in [2.45, 2.75) is 58.3 Å². The average molecular weight is 401 g/mol. The van der Waals surface area contributed by atoms with E-state index in [-0.39, 0.29) is 42.6 Å². The van der Waals surface area contributed by atoms with E-state index in [2.05, 4.69) is 10.6 Å². The second-order valence-corrected chi connectivity index (χ2v) is 7.01. The van der Waals surface area contributed by atoms with Crippen LogP contribution in [-0.2, 0) is 20.9 Å². The molecule has 1 aromatic rings. The van der Waals surface area contributed by atoms with E-state index < -0.39 is 18.1 Å². The lowest BCUT2D eigenvalue weighted by Crippen LogP contribution is -2.56. The lowest BCUT2D eigenvalue weighted by molar-refractivity contribution is -0.142. The first-order valence-electron chi connectivity index (χ1n) is 8.97. The maximum absolute atomic E-state index is 13.0. The van der Waals surface area contributed by atoms with Crippen molar-refractivity contribution >= 4 is 30.1 Å². The Labute approximate surface area is 165 Å². The van der Waals surface area contributed by atoms with Gasteiger partial charge in [-0.05, 0) is 37.8 Å². The molecule has 4 N–H and O–H groups in total. The van der Waals surface area contributed by atoms with E-state index in [1.54, 1.807) is 30.2 Å². The number of hydrogen-bond donors (Lipinski definition) is 3. The van der Waals surface area contributed by atoms with E-state index in [0.29, 0.717) is 18.7 Å². The Morgan fingerprint density at radius 2 is 2.04 bits per heavy atom. The number of carbonyl (C=O) groups is 3. The van der Waals surface area contributed by atoms with Gasteiger partial charge in [0.15, 0.2) is 0 Å². The highest BCUT2D eigenvalue weighted by molar-refractivity contribution is 5.93. The molecule has 0 aromatic carbocycles. The maximum atomic E-state index is 13.0. The van der Waals surface area contributed by atoms with Crippen molar-refractivity contribution < 1.29 is 18.8 Å². The molecule has 8 nitrogen and oxygen atoms in total. The largest absolute Gasteiger partial charge is 0.467 e. The molecule has 1 aromatic heterocycles. The first kappa shape index (κ1) is 23.0. The van der Waals surface area contributed by atoms with E-state index in [9.17, 15) is 14.4 Å². The molecule has 3 amide bonds. The van der Waals surface area contributed by atoms with E-state index in [1.165, 1.54) is 0 Å². The third-order valence-corrected chi connectivity index (χ3v) is 4.50. The first-order chi connectivity index (χ1) is 12.3. The molecule has 0 radical (unpaired) electrons. The molecule has 3 atom stereocenters. The molecular formula is C18H29ClN4O4. The lowest BCUT2D eigenvalue weighted by atomic mass is 10.0. The molecule has 1 aliphatic heterocycles. The summed E-state index contributed by atoms with van der Waals surface area (Å²) in [6, 6.07) is 1.59. The van der Waals surface area contributed by atoms with Crippen LogP contribution in [0.4, 0.5) is 0 Å². The van der Waals surface area contributed by atoms with Crippen molar-refractivity contribution in [3.8, 4) is 0 Å². The normalized spacial score (nSPS) is 18.6. The third kappa shape index (κ3) is 5.97. The maximum Gasteiger partial charge on any atom is 0.246 e. The van der Waals surface area contributed by atoms with Gasteiger partial charge < -0.3 is 25.7 Å². The lowest BCUT2D eigenvalue weighted by Gasteiger charge is -2.30. The van der Waals surface area contributed by atoms with Crippen LogP contribution in [0.2, 0.25) is 0 Å². The minimum atomic E-state index is -0.702. The fourth-order valence-electron chi connectivity index (χ4n) is 2.99. The monoisotopic (exact) mass is 400 g/mol. The standard InChI is InChI=1S/C18H28N4O4.ClH/c1-11(2)15(21-16(23)12(3)19)18(25)22-8-4-7-14(22)17(24)20-10-13-6-5-9-26-13;/h5-6,9,11-12,14-15H,4,7-8,10,19H2,1-3H3,(H,20,24)(H,21,23);1H/t12-,14-,15-;/m0./s1. The molecule has 0 bridgehead atoms. The number of amides is 3. The van der Waals surface area contributed by atoms with Gasteiger partial charge in [-0.1, -0.05) is 13.8 Å². The van der Waals surface area contributed by atoms with Gasteiger partial charge in [0.25, 0.3) is 0 Å². The summed E-state index contributed by atoms with van der Waals surface area (Å²) in [5.41, 5.74) is 5.59. The van der Waals surface area contributed by atoms with Gasteiger partial charge in [0.1, 0.15) is 17.8 Å². The van der Waals surface area contributed by atoms with Gasteiger partial charge in [0.2, 0.25) is 17.7 Å². The molecular weight excluding hydrogens is 372 g/mol. The van der Waals surface area contributed by atoms with Gasteiger partial charge in [-0.25, -0.2) is 0 Å². The van der Waals surface area contributed by atoms with Crippen LogP contribution in [0.5, 0.6) is 0 Å². The summed E-state index contributed by atoms with van der Waals surface area (Å²) in [5.74, 6) is -0.302. The Morgan fingerprint density at radius 3 is 2.59 bits per heavy atom. The Balaban J connectivity index is 0.00000364. The van der Waals surface area contributed by atoms with Crippen LogP contribution < -0.4 is 16.4 Å². The molecule has 9 heteroatoms. The molecule has 2 rings (SSSR count). The number of hydrogen-bond acceptors (Lipinski definition) is 5. The van der Waals surface area contributed by atoms with Crippen molar-refractivity contribution in [2.75, 3.05) is 6.54 Å². The molecule has 27 heavy (non-hydrogen) atoms. The zero-order valence-electron chi connectivity index (χ0n) is 15.9. The minimum Gasteiger partial charge on any atom is -0.467 e. The van der Waals surface area contributed by atoms with Gasteiger partial charge >= 0.3 is 0 Å². The van der Waals surface area contributed by atoms with Crippen LogP contribution in [0, 0.1) is 5.92 Å². The second-order valence-electron chi connectivity index (χ2n) is 7.01. The molecule has 1 saturated heterocycles. The summed E-state index contributed by atoms with van der Waals surface area (Å²) in [7, 11) is 0. The first-order valence-corrected chi connectivity index (χ1v) is 8.97. The number of nitrogens with one attached hydrogen (secondary N) is 2. The van der Waals surface area contributed by atoms with Crippen molar-refractivity contribution in [1.29, 1.82) is 0 Å². The summed E-state index contributed by atoms with van der Waals surface area (Å²) in [6.07, 6.45) is 2.89. The molecule has 0 spiro atoms. The molecule has 1 aliphatic rings. The number of carbonyl (C=O) groups excluding carboxylic acids is 3. The van der Waals surface area contributed by atoms with Crippen LogP contribution >= 0.6 is 12.4 Å². The van der Waals surface area contributed by atoms with E-state index >= 15 is 0 Å². The summed E-state index contributed by atoms with van der Waals surface area (Å²) in [6.45, 7) is 6.05. The second kappa shape index (κ2) is 10.3. The van der Waals surface area contributed by atoms with E-state index in [1.807, 2.05) is 13.8 Å². The molecule has 0 unspecified atom stereocenters. The number of nitrogens with two attached hydrogens (primary N) is 1. The Morgan fingerprint density at radius 1 is 1.33 bits per heavy atom. The third-order valence-electron chi connectivity index (χ3n) is 4.50. The number of halogens is 1. The fourth-order valence-corrected chi connectivity index (χ4v) is 2.99. The van der Waals surface area contributed by atoms with Gasteiger partial charge in [0, 0.05) is 6.54 Å². The highest BCUT2D eigenvalue weighted by Crippen LogP contribution is 2.20. The predicted octanol–water partition coefficient (Wildman–Crippen LogP) is 0.797. The van der Waals surface area contributed by atoms with Gasteiger partial charge in [-0.3, -0.25) is 14.4 Å². The number of furan rings is 1. The van der Waals surface area contributed by atoms with Crippen LogP contribution in [0.1, 0.15) is 39.4 Å². The van der Waals surface area contributed by atoms with Gasteiger partial charge in [0.05, 0.1) is 18.8 Å². The van der Waals surface area contributed by atoms with Crippen molar-refractivity contribution in [1.82, 2.24) is 15.5 Å².